The number of methoxy groups -OCH3 is 2. The van der Waals surface area contributed by atoms with Crippen LogP contribution in [0.1, 0.15) is 52.0 Å². The number of amides is 4. The first kappa shape index (κ1) is 42.9. The van der Waals surface area contributed by atoms with Gasteiger partial charge in [-0.2, -0.15) is 0 Å². The van der Waals surface area contributed by atoms with Gasteiger partial charge in [-0.15, -0.1) is 6.58 Å². The summed E-state index contributed by atoms with van der Waals surface area (Å²) >= 11 is 0. The van der Waals surface area contributed by atoms with E-state index in [4.69, 9.17) is 23.9 Å². The first-order valence-corrected chi connectivity index (χ1v) is 21.6. The summed E-state index contributed by atoms with van der Waals surface area (Å²) in [6, 6.07) is 20.6. The highest BCUT2D eigenvalue weighted by Crippen LogP contribution is 2.46. The highest BCUT2D eigenvalue weighted by Gasteiger charge is 2.62. The number of aryl methyl sites for hydroxylation is 1. The fraction of sp³-hybridized carbons (Fsp3) is 0.400. The van der Waals surface area contributed by atoms with Crippen molar-refractivity contribution in [2.24, 2.45) is 11.3 Å². The predicted octanol–water partition coefficient (Wildman–Crippen LogP) is 5.91. The lowest BCUT2D eigenvalue weighted by molar-refractivity contribution is -0.150. The summed E-state index contributed by atoms with van der Waals surface area (Å²) in [6.45, 7) is 10.7. The molecule has 2 saturated carbocycles. The summed E-state index contributed by atoms with van der Waals surface area (Å²) in [5, 5.41) is 5.52. The standard InChI is InChI=1S/C45H51N5O10S/c1-8-28-24-45(28,42(53)49-61(55,56)32-16-17-32)48-40(51)37-22-31(59-38-23-35(27-12-10-9-11-13-27)46-36-21-30(58-7)14-18-33(36)38)25-50(37)41(52)39(44(3,4)5)60-43(54)47-34-19-15-29(57-6)20-26(34)2/h8-15,18-21,23,28,31-32,37,39H,1,16-17,22,24-25H2,2-7H3,(H,47,54)(H,48,51)(H,49,53)/t28-,31-,37+,39?,45-/m1/s1. The van der Waals surface area contributed by atoms with Crippen LogP contribution in [0.4, 0.5) is 10.5 Å². The van der Waals surface area contributed by atoms with Gasteiger partial charge in [0.25, 0.3) is 11.8 Å². The number of pyridine rings is 1. The van der Waals surface area contributed by atoms with Crippen molar-refractivity contribution in [3.8, 4) is 28.5 Å². The average molecular weight is 854 g/mol. The summed E-state index contributed by atoms with van der Waals surface area (Å²) in [5.74, 6) is -1.17. The Morgan fingerprint density at radius 1 is 0.967 bits per heavy atom. The zero-order valence-electron chi connectivity index (χ0n) is 35.0. The summed E-state index contributed by atoms with van der Waals surface area (Å²) in [4.78, 5) is 62.7. The molecule has 61 heavy (non-hydrogen) atoms. The van der Waals surface area contributed by atoms with Gasteiger partial charge in [-0.3, -0.25) is 24.4 Å². The Labute approximate surface area is 355 Å². The van der Waals surface area contributed by atoms with Crippen LogP contribution in [0.3, 0.4) is 0 Å². The molecule has 5 atom stereocenters. The first-order valence-electron chi connectivity index (χ1n) is 20.1. The van der Waals surface area contributed by atoms with E-state index in [0.717, 1.165) is 5.56 Å². The molecule has 4 amide bonds. The van der Waals surface area contributed by atoms with Crippen LogP contribution in [0.25, 0.3) is 22.2 Å². The number of hydrogen-bond donors (Lipinski definition) is 3. The van der Waals surface area contributed by atoms with Crippen molar-refractivity contribution in [3.63, 3.8) is 0 Å². The van der Waals surface area contributed by atoms with E-state index in [-0.39, 0.29) is 19.4 Å². The van der Waals surface area contributed by atoms with Gasteiger partial charge in [0.2, 0.25) is 15.9 Å². The van der Waals surface area contributed by atoms with Crippen molar-refractivity contribution in [1.29, 1.82) is 0 Å². The molecule has 2 heterocycles. The third-order valence-electron chi connectivity index (χ3n) is 11.3. The minimum Gasteiger partial charge on any atom is -0.497 e. The molecule has 4 aromatic rings. The maximum Gasteiger partial charge on any atom is 0.412 e. The van der Waals surface area contributed by atoms with E-state index in [1.54, 1.807) is 71.2 Å². The van der Waals surface area contributed by atoms with Crippen LogP contribution in [-0.2, 0) is 29.1 Å². The van der Waals surface area contributed by atoms with Crippen LogP contribution in [0, 0.1) is 18.3 Å². The zero-order chi connectivity index (χ0) is 43.9. The van der Waals surface area contributed by atoms with Crippen LogP contribution in [0.2, 0.25) is 0 Å². The van der Waals surface area contributed by atoms with Crippen molar-refractivity contribution < 1.29 is 46.5 Å². The number of carbonyl (C=O) groups is 4. The van der Waals surface area contributed by atoms with Crippen molar-refractivity contribution in [2.75, 3.05) is 26.1 Å². The number of fused-ring (bicyclic) bond motifs is 1. The van der Waals surface area contributed by atoms with E-state index >= 15 is 0 Å². The summed E-state index contributed by atoms with van der Waals surface area (Å²) in [6.07, 6.45) is -0.589. The molecule has 3 aliphatic rings. The molecule has 1 aliphatic heterocycles. The number of benzene rings is 3. The van der Waals surface area contributed by atoms with Gasteiger partial charge in [-0.1, -0.05) is 57.2 Å². The Morgan fingerprint density at radius 3 is 2.28 bits per heavy atom. The lowest BCUT2D eigenvalue weighted by Crippen LogP contribution is -2.58. The molecule has 0 spiro atoms. The van der Waals surface area contributed by atoms with Crippen LogP contribution in [0.5, 0.6) is 17.2 Å². The Kier molecular flexibility index (Phi) is 11.8. The Morgan fingerprint density at radius 2 is 1.66 bits per heavy atom. The Hall–Kier alpha value is -6.16. The summed E-state index contributed by atoms with van der Waals surface area (Å²) in [7, 11) is -0.846. The van der Waals surface area contributed by atoms with Crippen molar-refractivity contribution in [3.05, 3.63) is 91.0 Å². The molecule has 2 aliphatic carbocycles. The van der Waals surface area contributed by atoms with Crippen molar-refractivity contribution in [2.45, 2.75) is 82.4 Å². The molecule has 3 fully saturated rings. The number of sulfonamides is 1. The first-order chi connectivity index (χ1) is 29.0. The number of rotatable bonds is 14. The van der Waals surface area contributed by atoms with E-state index in [0.29, 0.717) is 57.9 Å². The van der Waals surface area contributed by atoms with E-state index in [2.05, 4.69) is 21.9 Å². The number of aromatic nitrogens is 1. The van der Waals surface area contributed by atoms with Gasteiger partial charge >= 0.3 is 6.09 Å². The second kappa shape index (κ2) is 16.7. The number of hydrogen-bond acceptors (Lipinski definition) is 11. The normalized spacial score (nSPS) is 21.5. The fourth-order valence-corrected chi connectivity index (χ4v) is 8.99. The monoisotopic (exact) mass is 853 g/mol. The molecular formula is C45H51N5O10S. The Balaban J connectivity index is 1.21. The predicted molar refractivity (Wildman–Crippen MR) is 229 cm³/mol. The van der Waals surface area contributed by atoms with Crippen LogP contribution in [0.15, 0.2) is 85.5 Å². The summed E-state index contributed by atoms with van der Waals surface area (Å²) in [5.41, 5.74) is 0.627. The Bertz CT molecular complexity index is 2490. The molecule has 1 unspecified atom stereocenters. The van der Waals surface area contributed by atoms with Crippen LogP contribution < -0.4 is 29.6 Å². The molecule has 1 aromatic heterocycles. The third kappa shape index (κ3) is 9.14. The molecule has 16 heteroatoms. The number of carbonyl (C=O) groups excluding carboxylic acids is 4. The van der Waals surface area contributed by atoms with Gasteiger partial charge in [0, 0.05) is 46.5 Å². The second-order valence-corrected chi connectivity index (χ2v) is 18.8. The number of ether oxygens (including phenoxy) is 4. The van der Waals surface area contributed by atoms with Crippen LogP contribution >= 0.6 is 0 Å². The minimum absolute atomic E-state index is 0.0247. The average Bonchev–Trinajstić information content (AvgIpc) is 4.16. The largest absolute Gasteiger partial charge is 0.497 e. The molecule has 0 radical (unpaired) electrons. The van der Waals surface area contributed by atoms with E-state index in [9.17, 15) is 27.6 Å². The van der Waals surface area contributed by atoms with Crippen molar-refractivity contribution in [1.82, 2.24) is 19.9 Å². The number of nitrogens with zero attached hydrogens (tertiary/aromatic N) is 2. The highest BCUT2D eigenvalue weighted by atomic mass is 32.2. The highest BCUT2D eigenvalue weighted by molar-refractivity contribution is 7.91. The second-order valence-electron chi connectivity index (χ2n) is 16.9. The van der Waals surface area contributed by atoms with Gasteiger partial charge < -0.3 is 29.2 Å². The quantitative estimate of drug-likeness (QED) is 0.128. The number of anilines is 1. The van der Waals surface area contributed by atoms with Gasteiger partial charge in [0.15, 0.2) is 6.10 Å². The molecule has 322 valence electrons. The molecule has 1 saturated heterocycles. The smallest absolute Gasteiger partial charge is 0.412 e. The molecule has 7 rings (SSSR count). The van der Waals surface area contributed by atoms with E-state index < -0.39 is 74.2 Å². The van der Waals surface area contributed by atoms with Crippen LogP contribution in [-0.4, -0.2) is 91.9 Å². The lowest BCUT2D eigenvalue weighted by Gasteiger charge is -2.34. The fourth-order valence-electron chi connectivity index (χ4n) is 7.63. The SMILES string of the molecule is C=C[C@@H]1C[C@]1(NC(=O)[C@@H]1C[C@@H](Oc2cc(-c3ccccc3)nc3cc(OC)ccc23)CN1C(=O)C(OC(=O)Nc1ccc(OC)cc1C)C(C)(C)C)C(=O)NS(=O)(=O)C1CC1. The molecule has 3 N–H and O–H groups in total. The van der Waals surface area contributed by atoms with Gasteiger partial charge in [-0.05, 0) is 62.1 Å². The third-order valence-corrected chi connectivity index (χ3v) is 13.2. The topological polar surface area (TPSA) is 192 Å². The minimum atomic E-state index is -3.94. The van der Waals surface area contributed by atoms with Gasteiger partial charge in [0.1, 0.15) is 34.9 Å². The van der Waals surface area contributed by atoms with Gasteiger partial charge in [0.05, 0.1) is 37.2 Å². The van der Waals surface area contributed by atoms with Gasteiger partial charge in [-0.25, -0.2) is 18.2 Å². The zero-order valence-corrected chi connectivity index (χ0v) is 35.8. The number of likely N-dealkylation sites (tertiary alicyclic amines) is 1. The molecule has 0 bridgehead atoms. The van der Waals surface area contributed by atoms with Crippen molar-refractivity contribution >= 4 is 50.4 Å². The maximum absolute atomic E-state index is 14.8. The lowest BCUT2D eigenvalue weighted by atomic mass is 9.88. The number of nitrogens with one attached hydrogen (secondary N) is 3. The summed E-state index contributed by atoms with van der Waals surface area (Å²) < 4.78 is 51.2. The molecule has 15 nitrogen and oxygen atoms in total. The van der Waals surface area contributed by atoms with E-state index in [1.165, 1.54) is 18.1 Å². The maximum atomic E-state index is 14.8. The molecular weight excluding hydrogens is 803 g/mol. The molecule has 3 aromatic carbocycles. The van der Waals surface area contributed by atoms with E-state index in [1.807, 2.05) is 36.4 Å².